The molecule has 0 fully saturated rings. The minimum absolute atomic E-state index is 0.723. The zero-order chi connectivity index (χ0) is 21.5. The van der Waals surface area contributed by atoms with Crippen molar-refractivity contribution in [3.05, 3.63) is 103 Å². The molecule has 0 spiro atoms. The Hall–Kier alpha value is -3.49. The lowest BCUT2D eigenvalue weighted by Crippen LogP contribution is -2.13. The normalized spacial score (nSPS) is 10.5. The minimum atomic E-state index is -1.50. The molecular weight excluding hydrogens is 407 g/mol. The maximum absolute atomic E-state index is 6.37. The van der Waals surface area contributed by atoms with Gasteiger partial charge in [0.1, 0.15) is 23.0 Å². The van der Waals surface area contributed by atoms with E-state index >= 15 is 0 Å². The summed E-state index contributed by atoms with van der Waals surface area (Å²) in [5.41, 5.74) is 1.80. The molecule has 0 saturated carbocycles. The molecule has 0 saturated heterocycles. The third-order valence-electron chi connectivity index (χ3n) is 4.66. The third-order valence-corrected chi connectivity index (χ3v) is 6.20. The van der Waals surface area contributed by atoms with Crippen LogP contribution in [0.4, 0.5) is 0 Å². The van der Waals surface area contributed by atoms with Gasteiger partial charge in [0, 0.05) is 5.56 Å². The second kappa shape index (κ2) is 10.0. The molecule has 0 radical (unpaired) electrons. The highest BCUT2D eigenvalue weighted by atomic mass is 31.2. The van der Waals surface area contributed by atoms with Gasteiger partial charge in [-0.15, -0.1) is 0 Å². The highest BCUT2D eigenvalue weighted by molar-refractivity contribution is 7.57. The van der Waals surface area contributed by atoms with E-state index in [1.165, 1.54) is 0 Å². The fraction of sp³-hybridized carbons (Fsp3) is 0.0769. The molecule has 31 heavy (non-hydrogen) atoms. The van der Waals surface area contributed by atoms with Gasteiger partial charge < -0.3 is 18.5 Å². The van der Waals surface area contributed by atoms with E-state index in [1.807, 2.05) is 103 Å². The number of rotatable bonds is 8. The summed E-state index contributed by atoms with van der Waals surface area (Å²) in [5, 5.41) is 0.924. The van der Waals surface area contributed by atoms with Gasteiger partial charge >= 0.3 is 8.38 Å². The number of para-hydroxylation sites is 2. The number of ether oxygens (including phenoxy) is 2. The summed E-state index contributed by atoms with van der Waals surface area (Å²) in [6, 6.07) is 33.2. The van der Waals surface area contributed by atoms with Crippen LogP contribution in [-0.2, 0) is 0 Å². The van der Waals surface area contributed by atoms with Gasteiger partial charge in [-0.05, 0) is 42.5 Å². The van der Waals surface area contributed by atoms with Crippen LogP contribution in [0.3, 0.4) is 0 Å². The molecule has 4 nitrogen and oxygen atoms in total. The first-order chi connectivity index (χ1) is 15.3. The molecule has 0 aliphatic rings. The van der Waals surface area contributed by atoms with Crippen molar-refractivity contribution in [3.63, 3.8) is 0 Å². The van der Waals surface area contributed by atoms with E-state index in [2.05, 4.69) is 0 Å². The lowest BCUT2D eigenvalue weighted by Gasteiger charge is -2.22. The lowest BCUT2D eigenvalue weighted by molar-refractivity contribution is 0.397. The number of methoxy groups -OCH3 is 2. The Labute approximate surface area is 183 Å². The Morgan fingerprint density at radius 2 is 1.00 bits per heavy atom. The summed E-state index contributed by atoms with van der Waals surface area (Å²) in [5.74, 6) is 2.93. The second-order valence-corrected chi connectivity index (χ2v) is 7.98. The van der Waals surface area contributed by atoms with Crippen LogP contribution in [0, 0.1) is 0 Å². The van der Waals surface area contributed by atoms with Crippen molar-refractivity contribution >= 4 is 13.7 Å². The van der Waals surface area contributed by atoms with Gasteiger partial charge in [0.25, 0.3) is 0 Å². The van der Waals surface area contributed by atoms with Gasteiger partial charge in [0.15, 0.2) is 0 Å². The topological polar surface area (TPSA) is 36.9 Å². The average molecular weight is 430 g/mol. The maximum atomic E-state index is 6.37. The maximum Gasteiger partial charge on any atom is 0.326 e. The van der Waals surface area contributed by atoms with Crippen LogP contribution in [0.1, 0.15) is 0 Å². The summed E-state index contributed by atoms with van der Waals surface area (Å²) in [4.78, 5) is 0. The summed E-state index contributed by atoms with van der Waals surface area (Å²) in [7, 11) is 1.82. The highest BCUT2D eigenvalue weighted by Crippen LogP contribution is 2.45. The molecule has 4 aromatic carbocycles. The van der Waals surface area contributed by atoms with Crippen LogP contribution in [0.5, 0.6) is 23.0 Å². The summed E-state index contributed by atoms with van der Waals surface area (Å²) >= 11 is 0. The monoisotopic (exact) mass is 430 g/mol. The number of benzene rings is 4. The van der Waals surface area contributed by atoms with Crippen molar-refractivity contribution in [2.24, 2.45) is 0 Å². The predicted octanol–water partition coefficient (Wildman–Crippen LogP) is 6.47. The zero-order valence-corrected chi connectivity index (χ0v) is 18.3. The molecule has 4 aromatic rings. The second-order valence-electron chi connectivity index (χ2n) is 6.62. The Morgan fingerprint density at radius 1 is 0.516 bits per heavy atom. The van der Waals surface area contributed by atoms with Gasteiger partial charge in [0.05, 0.1) is 25.1 Å². The summed E-state index contributed by atoms with van der Waals surface area (Å²) in [6.45, 7) is 0. The molecule has 0 aromatic heterocycles. The van der Waals surface area contributed by atoms with E-state index in [0.717, 1.165) is 39.4 Å². The van der Waals surface area contributed by atoms with Crippen LogP contribution < -0.4 is 23.8 Å². The molecular formula is C26H23O4P. The van der Waals surface area contributed by atoms with Crippen LogP contribution in [-0.4, -0.2) is 14.2 Å². The molecule has 0 aliphatic carbocycles. The average Bonchev–Trinajstić information content (AvgIpc) is 2.84. The van der Waals surface area contributed by atoms with Gasteiger partial charge in [-0.2, -0.15) is 0 Å². The SMILES string of the molecule is COc1cccc(OC)c1-c1ccccc1P(Oc1ccccc1)Oc1ccccc1. The van der Waals surface area contributed by atoms with E-state index in [1.54, 1.807) is 14.2 Å². The molecule has 0 amide bonds. The summed E-state index contributed by atoms with van der Waals surface area (Å²) in [6.07, 6.45) is 0. The van der Waals surface area contributed by atoms with Crippen molar-refractivity contribution in [1.29, 1.82) is 0 Å². The molecule has 0 atom stereocenters. The fourth-order valence-corrected chi connectivity index (χ4v) is 4.68. The first-order valence-electron chi connectivity index (χ1n) is 9.86. The smallest absolute Gasteiger partial charge is 0.326 e. The molecule has 0 N–H and O–H groups in total. The lowest BCUT2D eigenvalue weighted by atomic mass is 10.0. The van der Waals surface area contributed by atoms with E-state index < -0.39 is 8.38 Å². The molecule has 4 rings (SSSR count). The van der Waals surface area contributed by atoms with Crippen molar-refractivity contribution in [2.75, 3.05) is 14.2 Å². The van der Waals surface area contributed by atoms with Crippen molar-refractivity contribution in [2.45, 2.75) is 0 Å². The minimum Gasteiger partial charge on any atom is -0.496 e. The standard InChI is InChI=1S/C26H23O4P/c1-27-23-17-11-18-24(28-2)26(23)22-16-9-10-19-25(22)31(29-20-12-5-3-6-13-20)30-21-14-7-4-8-15-21/h3-19H,1-2H3. The van der Waals surface area contributed by atoms with Gasteiger partial charge in [-0.3, -0.25) is 0 Å². The van der Waals surface area contributed by atoms with Crippen molar-refractivity contribution in [3.8, 4) is 34.1 Å². The van der Waals surface area contributed by atoms with Crippen LogP contribution >= 0.6 is 8.38 Å². The van der Waals surface area contributed by atoms with Crippen LogP contribution in [0.25, 0.3) is 11.1 Å². The Balaban J connectivity index is 1.83. The van der Waals surface area contributed by atoms with Crippen molar-refractivity contribution < 1.29 is 18.5 Å². The first-order valence-corrected chi connectivity index (χ1v) is 11.0. The zero-order valence-electron chi connectivity index (χ0n) is 17.4. The van der Waals surface area contributed by atoms with E-state index in [0.29, 0.717) is 0 Å². The highest BCUT2D eigenvalue weighted by Gasteiger charge is 2.25. The van der Waals surface area contributed by atoms with Crippen LogP contribution in [0.15, 0.2) is 103 Å². The van der Waals surface area contributed by atoms with E-state index in [-0.39, 0.29) is 0 Å². The largest absolute Gasteiger partial charge is 0.496 e. The van der Waals surface area contributed by atoms with E-state index in [4.69, 9.17) is 18.5 Å². The Kier molecular flexibility index (Phi) is 6.71. The first kappa shape index (κ1) is 20.8. The van der Waals surface area contributed by atoms with Crippen molar-refractivity contribution in [1.82, 2.24) is 0 Å². The molecule has 0 aliphatic heterocycles. The van der Waals surface area contributed by atoms with Gasteiger partial charge in [-0.25, -0.2) is 0 Å². The third kappa shape index (κ3) is 4.82. The number of hydrogen-bond acceptors (Lipinski definition) is 4. The predicted molar refractivity (Wildman–Crippen MR) is 126 cm³/mol. The van der Waals surface area contributed by atoms with Gasteiger partial charge in [0.2, 0.25) is 0 Å². The van der Waals surface area contributed by atoms with E-state index in [9.17, 15) is 0 Å². The molecule has 5 heteroatoms. The quantitative estimate of drug-likeness (QED) is 0.300. The summed E-state index contributed by atoms with van der Waals surface area (Å²) < 4.78 is 24.1. The Morgan fingerprint density at radius 3 is 1.52 bits per heavy atom. The molecule has 0 unspecified atom stereocenters. The molecule has 156 valence electrons. The molecule has 0 bridgehead atoms. The Bertz CT molecular complexity index is 1050. The van der Waals surface area contributed by atoms with Gasteiger partial charge in [-0.1, -0.05) is 60.7 Å². The number of hydrogen-bond donors (Lipinski definition) is 0. The molecule has 0 heterocycles. The van der Waals surface area contributed by atoms with Crippen LogP contribution in [0.2, 0.25) is 0 Å². The fourth-order valence-electron chi connectivity index (χ4n) is 3.23.